The van der Waals surface area contributed by atoms with E-state index in [0.717, 1.165) is 12.8 Å². The van der Waals surface area contributed by atoms with Gasteiger partial charge in [-0.25, -0.2) is 0 Å². The lowest BCUT2D eigenvalue weighted by molar-refractivity contribution is -0.181. The molecule has 0 aromatic heterocycles. The highest BCUT2D eigenvalue weighted by Crippen LogP contribution is 2.51. The molecule has 3 nitrogen and oxygen atoms in total. The van der Waals surface area contributed by atoms with Crippen LogP contribution in [0.2, 0.25) is 0 Å². The van der Waals surface area contributed by atoms with Gasteiger partial charge in [0.15, 0.2) is 0 Å². The van der Waals surface area contributed by atoms with Gasteiger partial charge in [-0.05, 0) is 18.8 Å². The Kier molecular flexibility index (Phi) is 1.91. The Morgan fingerprint density at radius 1 is 1.77 bits per heavy atom. The second-order valence-corrected chi connectivity index (χ2v) is 4.02. The first-order chi connectivity index (χ1) is 6.18. The van der Waals surface area contributed by atoms with Crippen LogP contribution in [0.4, 0.5) is 0 Å². The fourth-order valence-corrected chi connectivity index (χ4v) is 2.60. The highest BCUT2D eigenvalue weighted by molar-refractivity contribution is 5.67. The maximum Gasteiger partial charge on any atom is 0.303 e. The lowest BCUT2D eigenvalue weighted by Gasteiger charge is -2.50. The van der Waals surface area contributed by atoms with Crippen molar-refractivity contribution in [1.29, 1.82) is 0 Å². The van der Waals surface area contributed by atoms with E-state index in [1.54, 1.807) is 0 Å². The Hall–Kier alpha value is -0.830. The zero-order valence-corrected chi connectivity index (χ0v) is 7.82. The van der Waals surface area contributed by atoms with Gasteiger partial charge < -0.3 is 10.5 Å². The Morgan fingerprint density at radius 3 is 3.08 bits per heavy atom. The molecular weight excluding hydrogens is 166 g/mol. The third kappa shape index (κ3) is 1.18. The average molecular weight is 181 g/mol. The van der Waals surface area contributed by atoms with Gasteiger partial charge in [-0.1, -0.05) is 12.2 Å². The van der Waals surface area contributed by atoms with E-state index in [9.17, 15) is 4.79 Å². The molecule has 3 heteroatoms. The van der Waals surface area contributed by atoms with Crippen molar-refractivity contribution in [2.75, 3.05) is 6.54 Å². The van der Waals surface area contributed by atoms with Gasteiger partial charge in [0.2, 0.25) is 0 Å². The van der Waals surface area contributed by atoms with Crippen LogP contribution in [0.1, 0.15) is 19.8 Å². The van der Waals surface area contributed by atoms with Gasteiger partial charge >= 0.3 is 5.97 Å². The number of carbonyl (C=O) groups excluding carboxylic acids is 1. The van der Waals surface area contributed by atoms with Gasteiger partial charge in [0.05, 0.1) is 0 Å². The molecule has 0 aliphatic heterocycles. The van der Waals surface area contributed by atoms with E-state index in [2.05, 4.69) is 12.2 Å². The molecule has 3 atom stereocenters. The van der Waals surface area contributed by atoms with E-state index in [-0.39, 0.29) is 11.6 Å². The standard InChI is InChI=1S/C10H15NO2/c1-7(12)13-10(6-11)5-8-3-2-4-9(8)10/h2,4,8-9H,3,5-6,11H2,1H3/t8-,9-,10-/m0/s1. The highest BCUT2D eigenvalue weighted by Gasteiger charge is 2.55. The molecule has 0 radical (unpaired) electrons. The van der Waals surface area contributed by atoms with Gasteiger partial charge in [-0.2, -0.15) is 0 Å². The molecule has 1 fully saturated rings. The second-order valence-electron chi connectivity index (χ2n) is 4.02. The molecule has 0 aromatic carbocycles. The molecule has 0 aromatic rings. The molecule has 2 rings (SSSR count). The zero-order valence-electron chi connectivity index (χ0n) is 7.82. The molecule has 2 N–H and O–H groups in total. The smallest absolute Gasteiger partial charge is 0.303 e. The number of allylic oxidation sites excluding steroid dienone is 1. The lowest BCUT2D eigenvalue weighted by Crippen LogP contribution is -2.58. The number of esters is 1. The number of ether oxygens (including phenoxy) is 1. The summed E-state index contributed by atoms with van der Waals surface area (Å²) in [4.78, 5) is 10.9. The Bertz CT molecular complexity index is 262. The summed E-state index contributed by atoms with van der Waals surface area (Å²) in [7, 11) is 0. The van der Waals surface area contributed by atoms with Crippen LogP contribution in [-0.4, -0.2) is 18.1 Å². The van der Waals surface area contributed by atoms with Crippen molar-refractivity contribution in [3.8, 4) is 0 Å². The summed E-state index contributed by atoms with van der Waals surface area (Å²) in [6.07, 6.45) is 6.36. The van der Waals surface area contributed by atoms with Crippen molar-refractivity contribution in [3.63, 3.8) is 0 Å². The normalized spacial score (nSPS) is 41.1. The minimum atomic E-state index is -0.372. The molecule has 72 valence electrons. The minimum Gasteiger partial charge on any atom is -0.457 e. The van der Waals surface area contributed by atoms with Crippen LogP contribution >= 0.6 is 0 Å². The molecule has 0 unspecified atom stereocenters. The van der Waals surface area contributed by atoms with Crippen LogP contribution in [0, 0.1) is 11.8 Å². The van der Waals surface area contributed by atoms with Crippen LogP contribution in [0.15, 0.2) is 12.2 Å². The molecular formula is C10H15NO2. The molecule has 1 saturated carbocycles. The number of rotatable bonds is 2. The first kappa shape index (κ1) is 8.75. The van der Waals surface area contributed by atoms with Gasteiger partial charge in [-0.15, -0.1) is 0 Å². The third-order valence-electron chi connectivity index (χ3n) is 3.20. The summed E-state index contributed by atoms with van der Waals surface area (Å²) in [5.41, 5.74) is 5.29. The van der Waals surface area contributed by atoms with Gasteiger partial charge in [-0.3, -0.25) is 4.79 Å². The number of nitrogens with two attached hydrogens (primary N) is 1. The number of hydrogen-bond acceptors (Lipinski definition) is 3. The Morgan fingerprint density at radius 2 is 2.54 bits per heavy atom. The summed E-state index contributed by atoms with van der Waals surface area (Å²) in [5, 5.41) is 0. The fourth-order valence-electron chi connectivity index (χ4n) is 2.60. The van der Waals surface area contributed by atoms with Gasteiger partial charge in [0, 0.05) is 19.4 Å². The van der Waals surface area contributed by atoms with E-state index >= 15 is 0 Å². The third-order valence-corrected chi connectivity index (χ3v) is 3.20. The monoisotopic (exact) mass is 181 g/mol. The first-order valence-electron chi connectivity index (χ1n) is 4.74. The van der Waals surface area contributed by atoms with Crippen molar-refractivity contribution in [2.45, 2.75) is 25.4 Å². The summed E-state index contributed by atoms with van der Waals surface area (Å²) in [6.45, 7) is 1.89. The van der Waals surface area contributed by atoms with E-state index < -0.39 is 0 Å². The molecule has 2 aliphatic rings. The van der Waals surface area contributed by atoms with Crippen molar-refractivity contribution in [1.82, 2.24) is 0 Å². The van der Waals surface area contributed by atoms with Crippen LogP contribution in [0.5, 0.6) is 0 Å². The summed E-state index contributed by atoms with van der Waals surface area (Å²) < 4.78 is 5.32. The average Bonchev–Trinajstić information content (AvgIpc) is 2.43. The molecule has 0 heterocycles. The minimum absolute atomic E-state index is 0.218. The Labute approximate surface area is 77.9 Å². The molecule has 13 heavy (non-hydrogen) atoms. The summed E-state index contributed by atoms with van der Waals surface area (Å²) in [6, 6.07) is 0. The predicted octanol–water partition coefficient (Wildman–Crippen LogP) is 0.843. The van der Waals surface area contributed by atoms with Crippen LogP contribution in [0.25, 0.3) is 0 Å². The largest absolute Gasteiger partial charge is 0.457 e. The molecule has 2 aliphatic carbocycles. The molecule has 0 bridgehead atoms. The van der Waals surface area contributed by atoms with Gasteiger partial charge in [0.25, 0.3) is 0 Å². The summed E-state index contributed by atoms with van der Waals surface area (Å²) >= 11 is 0. The second kappa shape index (κ2) is 2.84. The number of carbonyl (C=O) groups is 1. The van der Waals surface area contributed by atoms with Gasteiger partial charge in [0.1, 0.15) is 5.60 Å². The zero-order chi connectivity index (χ0) is 9.47. The van der Waals surface area contributed by atoms with Crippen LogP contribution in [0.3, 0.4) is 0 Å². The maximum absolute atomic E-state index is 10.9. The van der Waals surface area contributed by atoms with Crippen molar-refractivity contribution in [2.24, 2.45) is 17.6 Å². The summed E-state index contributed by atoms with van der Waals surface area (Å²) in [5.74, 6) is 0.827. The van der Waals surface area contributed by atoms with Crippen molar-refractivity contribution >= 4 is 5.97 Å². The number of fused-ring (bicyclic) bond motifs is 1. The van der Waals surface area contributed by atoms with Crippen LogP contribution in [-0.2, 0) is 9.53 Å². The lowest BCUT2D eigenvalue weighted by atomic mass is 9.62. The van der Waals surface area contributed by atoms with Crippen LogP contribution < -0.4 is 5.73 Å². The number of hydrogen-bond donors (Lipinski definition) is 1. The predicted molar refractivity (Wildman–Crippen MR) is 48.9 cm³/mol. The highest BCUT2D eigenvalue weighted by atomic mass is 16.6. The molecule has 0 spiro atoms. The SMILES string of the molecule is CC(=O)O[C@]1(CN)C[C@@H]2CC=C[C@@H]21. The maximum atomic E-state index is 10.9. The van der Waals surface area contributed by atoms with E-state index in [1.165, 1.54) is 6.92 Å². The fraction of sp³-hybridized carbons (Fsp3) is 0.700. The molecule has 0 amide bonds. The Balaban J connectivity index is 2.09. The first-order valence-corrected chi connectivity index (χ1v) is 4.74. The van der Waals surface area contributed by atoms with E-state index in [1.807, 2.05) is 0 Å². The molecule has 0 saturated heterocycles. The van der Waals surface area contributed by atoms with E-state index in [4.69, 9.17) is 10.5 Å². The van der Waals surface area contributed by atoms with E-state index in [0.29, 0.717) is 18.4 Å². The quantitative estimate of drug-likeness (QED) is 0.507. The van der Waals surface area contributed by atoms with Crippen molar-refractivity contribution in [3.05, 3.63) is 12.2 Å². The topological polar surface area (TPSA) is 52.3 Å². The van der Waals surface area contributed by atoms with Crippen molar-refractivity contribution < 1.29 is 9.53 Å².